The minimum atomic E-state index is -0.517. The number of methoxy groups -OCH3 is 1. The van der Waals surface area contributed by atoms with E-state index in [1.807, 2.05) is 33.8 Å². The molecule has 0 bridgehead atoms. The second-order valence-electron chi connectivity index (χ2n) is 8.63. The van der Waals surface area contributed by atoms with E-state index in [9.17, 15) is 14.0 Å². The van der Waals surface area contributed by atoms with E-state index in [1.54, 1.807) is 12.1 Å². The molecule has 3 rings (SSSR count). The summed E-state index contributed by atoms with van der Waals surface area (Å²) < 4.78 is 34.2. The first kappa shape index (κ1) is 19.8. The van der Waals surface area contributed by atoms with Gasteiger partial charge in [0.25, 0.3) is 0 Å². The summed E-state index contributed by atoms with van der Waals surface area (Å²) in [5.74, 6) is -0.452. The minimum Gasteiger partial charge on any atom is -0.497 e. The molecule has 3 nitrogen and oxygen atoms in total. The van der Waals surface area contributed by atoms with Crippen molar-refractivity contribution in [2.45, 2.75) is 57.5 Å². The Labute approximate surface area is 159 Å². The fraction of sp³-hybridized carbons (Fsp3) is 0.455. The third kappa shape index (κ3) is 3.71. The van der Waals surface area contributed by atoms with Crippen molar-refractivity contribution in [3.8, 4) is 16.9 Å². The summed E-state index contributed by atoms with van der Waals surface area (Å²) in [5.41, 5.74) is 0.495. The summed E-state index contributed by atoms with van der Waals surface area (Å²) in [4.78, 5) is 0. The highest BCUT2D eigenvalue weighted by atomic mass is 19.1. The van der Waals surface area contributed by atoms with Gasteiger partial charge in [0.1, 0.15) is 17.4 Å². The molecule has 0 radical (unpaired) electrons. The van der Waals surface area contributed by atoms with Gasteiger partial charge >= 0.3 is 0 Å². The normalized spacial score (nSPS) is 19.9. The molecular weight excluding hydrogens is 348 g/mol. The molecule has 1 saturated heterocycles. The average molecular weight is 375 g/mol. The first-order valence-corrected chi connectivity index (χ1v) is 9.18. The van der Waals surface area contributed by atoms with E-state index < -0.39 is 22.7 Å². The van der Waals surface area contributed by atoms with E-state index in [1.165, 1.54) is 30.4 Å². The molecule has 0 spiro atoms. The Bertz CT molecular complexity index is 830. The molecule has 1 aliphatic rings. The average Bonchev–Trinajstić information content (AvgIpc) is 2.59. The molecule has 1 fully saturated rings. The Kier molecular flexibility index (Phi) is 5.04. The second-order valence-corrected chi connectivity index (χ2v) is 8.63. The van der Waals surface area contributed by atoms with Crippen molar-refractivity contribution in [2.75, 3.05) is 7.11 Å². The van der Waals surface area contributed by atoms with Crippen molar-refractivity contribution in [3.63, 3.8) is 0 Å². The van der Waals surface area contributed by atoms with Gasteiger partial charge in [0.05, 0.1) is 7.11 Å². The van der Waals surface area contributed by atoms with Gasteiger partial charge in [-0.15, -0.1) is 0 Å². The van der Waals surface area contributed by atoms with Gasteiger partial charge in [0.2, 0.25) is 0 Å². The molecule has 1 aliphatic heterocycles. The highest BCUT2D eigenvalue weighted by molar-refractivity contribution is 5.66. The van der Waals surface area contributed by atoms with Crippen LogP contribution in [0.15, 0.2) is 36.4 Å². The van der Waals surface area contributed by atoms with E-state index >= 15 is 0 Å². The van der Waals surface area contributed by atoms with Crippen LogP contribution >= 0.6 is 0 Å². The summed E-state index contributed by atoms with van der Waals surface area (Å²) in [7, 11) is 1.46. The smallest absolute Gasteiger partial charge is 0.134 e. The monoisotopic (exact) mass is 375 g/mol. The van der Waals surface area contributed by atoms with E-state index in [4.69, 9.17) is 4.74 Å². The third-order valence-corrected chi connectivity index (χ3v) is 5.57. The first-order valence-electron chi connectivity index (χ1n) is 9.18. The molecule has 5 heteroatoms. The lowest BCUT2D eigenvalue weighted by Gasteiger charge is -2.51. The van der Waals surface area contributed by atoms with E-state index in [-0.39, 0.29) is 17.0 Å². The molecule has 2 aromatic rings. The molecule has 0 aliphatic carbocycles. The van der Waals surface area contributed by atoms with E-state index in [0.29, 0.717) is 18.6 Å². The lowest BCUT2D eigenvalue weighted by molar-refractivity contribution is -0.245. The number of ether oxygens (including phenoxy) is 1. The minimum absolute atomic E-state index is 0.114. The highest BCUT2D eigenvalue weighted by Gasteiger charge is 2.45. The van der Waals surface area contributed by atoms with Crippen molar-refractivity contribution in [1.29, 1.82) is 0 Å². The van der Waals surface area contributed by atoms with E-state index in [0.717, 1.165) is 5.56 Å². The molecule has 0 amide bonds. The van der Waals surface area contributed by atoms with Gasteiger partial charge < -0.3 is 9.94 Å². The number of halogens is 2. The van der Waals surface area contributed by atoms with Crippen molar-refractivity contribution < 1.29 is 18.7 Å². The van der Waals surface area contributed by atoms with Gasteiger partial charge in [-0.25, -0.2) is 8.78 Å². The van der Waals surface area contributed by atoms with Crippen LogP contribution in [0, 0.1) is 11.6 Å². The zero-order valence-corrected chi connectivity index (χ0v) is 16.5. The fourth-order valence-corrected chi connectivity index (χ4v) is 4.35. The quantitative estimate of drug-likeness (QED) is 0.740. The van der Waals surface area contributed by atoms with Crippen molar-refractivity contribution in [3.05, 3.63) is 53.6 Å². The van der Waals surface area contributed by atoms with Gasteiger partial charge in [0, 0.05) is 28.3 Å². The number of hydrogen-bond donors (Lipinski definition) is 1. The number of nitrogens with zero attached hydrogens (tertiary/aromatic N) is 1. The lowest BCUT2D eigenvalue weighted by Crippen LogP contribution is -2.58. The van der Waals surface area contributed by atoms with Crippen LogP contribution < -0.4 is 4.74 Å². The summed E-state index contributed by atoms with van der Waals surface area (Å²) in [5, 5.41) is 11.9. The number of hydrogen-bond acceptors (Lipinski definition) is 3. The highest BCUT2D eigenvalue weighted by Crippen LogP contribution is 2.45. The Hall–Kier alpha value is -1.98. The zero-order chi connectivity index (χ0) is 20.0. The largest absolute Gasteiger partial charge is 0.497 e. The lowest BCUT2D eigenvalue weighted by atomic mass is 9.72. The fourth-order valence-electron chi connectivity index (χ4n) is 4.35. The van der Waals surface area contributed by atoms with Crippen LogP contribution in [0.3, 0.4) is 0 Å². The molecule has 146 valence electrons. The first-order chi connectivity index (χ1) is 12.5. The number of piperidine rings is 1. The standard InChI is InChI=1S/C22H27F2NO2/c1-21(2)12-15(13-22(3,4)25(21)26)14-6-8-17(19(23)10-14)18-9-7-16(27-5)11-20(18)24/h6-11,15,26H,12-13H2,1-5H3. The Balaban J connectivity index is 1.94. The maximum Gasteiger partial charge on any atom is 0.134 e. The summed E-state index contributed by atoms with van der Waals surface area (Å²) in [6.07, 6.45) is 1.42. The van der Waals surface area contributed by atoms with Crippen LogP contribution in [0.5, 0.6) is 5.75 Å². The number of rotatable bonds is 3. The van der Waals surface area contributed by atoms with Crippen molar-refractivity contribution in [2.24, 2.45) is 0 Å². The molecule has 1 N–H and O–H groups in total. The molecule has 0 saturated carbocycles. The van der Waals surface area contributed by atoms with Gasteiger partial charge in [-0.3, -0.25) is 0 Å². The molecular formula is C22H27F2NO2. The Morgan fingerprint density at radius 2 is 1.44 bits per heavy atom. The summed E-state index contributed by atoms with van der Waals surface area (Å²) in [6, 6.07) is 9.41. The summed E-state index contributed by atoms with van der Waals surface area (Å²) in [6.45, 7) is 7.94. The Morgan fingerprint density at radius 1 is 0.926 bits per heavy atom. The van der Waals surface area contributed by atoms with Gasteiger partial charge in [-0.1, -0.05) is 12.1 Å². The predicted molar refractivity (Wildman–Crippen MR) is 102 cm³/mol. The van der Waals surface area contributed by atoms with Crippen molar-refractivity contribution in [1.82, 2.24) is 5.06 Å². The number of benzene rings is 2. The molecule has 0 atom stereocenters. The van der Waals surface area contributed by atoms with E-state index in [2.05, 4.69) is 0 Å². The zero-order valence-electron chi connectivity index (χ0n) is 16.5. The van der Waals surface area contributed by atoms with Crippen LogP contribution in [-0.4, -0.2) is 28.5 Å². The van der Waals surface area contributed by atoms with Crippen LogP contribution in [0.1, 0.15) is 52.0 Å². The SMILES string of the molecule is COc1ccc(-c2ccc(C3CC(C)(C)N(O)C(C)(C)C3)cc2F)c(F)c1. The molecule has 27 heavy (non-hydrogen) atoms. The van der Waals surface area contributed by atoms with Crippen LogP contribution in [-0.2, 0) is 0 Å². The molecule has 1 heterocycles. The maximum atomic E-state index is 14.9. The predicted octanol–water partition coefficient (Wildman–Crippen LogP) is 5.77. The number of hydroxylamine groups is 2. The van der Waals surface area contributed by atoms with Crippen molar-refractivity contribution >= 4 is 0 Å². The second kappa shape index (κ2) is 6.88. The molecule has 0 unspecified atom stereocenters. The van der Waals surface area contributed by atoms with Crippen LogP contribution in [0.4, 0.5) is 8.78 Å². The van der Waals surface area contributed by atoms with Gasteiger partial charge in [-0.05, 0) is 70.2 Å². The molecule has 2 aromatic carbocycles. The van der Waals surface area contributed by atoms with Gasteiger partial charge in [0.15, 0.2) is 0 Å². The van der Waals surface area contributed by atoms with Crippen LogP contribution in [0.25, 0.3) is 11.1 Å². The topological polar surface area (TPSA) is 32.7 Å². The van der Waals surface area contributed by atoms with Gasteiger partial charge in [-0.2, -0.15) is 5.06 Å². The third-order valence-electron chi connectivity index (χ3n) is 5.57. The summed E-state index contributed by atoms with van der Waals surface area (Å²) >= 11 is 0. The molecule has 0 aromatic heterocycles. The van der Waals surface area contributed by atoms with Crippen LogP contribution in [0.2, 0.25) is 0 Å². The maximum absolute atomic E-state index is 14.9. The Morgan fingerprint density at radius 3 is 1.93 bits per heavy atom.